The number of Topliss-reactive ketones (excluding diaryl/α,β-unsaturated/α-hetero) is 1. The van der Waals surface area contributed by atoms with Crippen molar-refractivity contribution < 1.29 is 46.8 Å². The first kappa shape index (κ1) is 33.1. The van der Waals surface area contributed by atoms with Gasteiger partial charge in [-0.1, -0.05) is 44.2 Å². The smallest absolute Gasteiger partial charge is 0.407 e. The second kappa shape index (κ2) is 14.0. The molecule has 2 N–H and O–H groups in total. The van der Waals surface area contributed by atoms with Gasteiger partial charge < -0.3 is 38.9 Å². The first-order chi connectivity index (χ1) is 21.4. The summed E-state index contributed by atoms with van der Waals surface area (Å²) >= 11 is 0. The number of hydrogen-bond donors (Lipinski definition) is 2. The lowest BCUT2D eigenvalue weighted by Gasteiger charge is -2.35. The van der Waals surface area contributed by atoms with E-state index in [4.69, 9.17) is 23.7 Å². The largest absolute Gasteiger partial charge is 0.454 e. The van der Waals surface area contributed by atoms with Gasteiger partial charge in [-0.2, -0.15) is 4.31 Å². The summed E-state index contributed by atoms with van der Waals surface area (Å²) in [6.45, 7) is 5.67. The molecule has 2 aromatic rings. The molecule has 0 saturated carbocycles. The highest BCUT2D eigenvalue weighted by atomic mass is 32.2. The molecule has 5 rings (SSSR count). The summed E-state index contributed by atoms with van der Waals surface area (Å²) in [6.07, 6.45) is -1.28. The molecule has 45 heavy (non-hydrogen) atoms. The molecule has 2 fully saturated rings. The van der Waals surface area contributed by atoms with E-state index in [1.165, 1.54) is 29.4 Å². The van der Waals surface area contributed by atoms with Crippen LogP contribution in [0.2, 0.25) is 0 Å². The van der Waals surface area contributed by atoms with E-state index in [1.807, 2.05) is 44.2 Å². The third kappa shape index (κ3) is 8.33. The lowest BCUT2D eigenvalue weighted by Crippen LogP contribution is -2.52. The molecule has 3 aliphatic rings. The van der Waals surface area contributed by atoms with Crippen molar-refractivity contribution >= 4 is 21.9 Å². The zero-order chi connectivity index (χ0) is 32.2. The molecule has 2 saturated heterocycles. The van der Waals surface area contributed by atoms with Crippen molar-refractivity contribution in [2.75, 3.05) is 33.1 Å². The Labute approximate surface area is 264 Å². The summed E-state index contributed by atoms with van der Waals surface area (Å²) in [6, 6.07) is 12.8. The molecule has 0 bridgehead atoms. The molecule has 0 spiro atoms. The summed E-state index contributed by atoms with van der Waals surface area (Å²) in [5.41, 5.74) is 0.223. The second-order valence-electron chi connectivity index (χ2n) is 12.7. The number of aliphatic hydroxyl groups is 1. The van der Waals surface area contributed by atoms with Crippen LogP contribution in [0.5, 0.6) is 11.5 Å². The lowest BCUT2D eigenvalue weighted by atomic mass is 9.87. The van der Waals surface area contributed by atoms with E-state index in [1.54, 1.807) is 0 Å². The minimum atomic E-state index is -4.17. The predicted octanol–water partition coefficient (Wildman–Crippen LogP) is 3.26. The van der Waals surface area contributed by atoms with Crippen molar-refractivity contribution in [3.8, 4) is 11.5 Å². The molecule has 5 atom stereocenters. The quantitative estimate of drug-likeness (QED) is 0.313. The van der Waals surface area contributed by atoms with Crippen molar-refractivity contribution in [2.45, 2.75) is 75.9 Å². The number of sulfonamides is 1. The zero-order valence-electron chi connectivity index (χ0n) is 25.8. The van der Waals surface area contributed by atoms with Gasteiger partial charge in [0.2, 0.25) is 16.8 Å². The Morgan fingerprint density at radius 1 is 1.11 bits per heavy atom. The SMILES string of the molecule is CC(=O)CCC(C)(C)CN(CC(O)[C@H](Cc1ccccc1)NC(=O)OC1COC2OCCC12)S(=O)(=O)c1ccc2c(c1)OCO2. The first-order valence-corrected chi connectivity index (χ1v) is 16.7. The fourth-order valence-electron chi connectivity index (χ4n) is 5.86. The Balaban J connectivity index is 1.38. The van der Waals surface area contributed by atoms with Gasteiger partial charge in [-0.15, -0.1) is 0 Å². The Morgan fingerprint density at radius 3 is 2.62 bits per heavy atom. The van der Waals surface area contributed by atoms with Crippen LogP contribution in [0.1, 0.15) is 45.6 Å². The number of alkyl carbamates (subject to hydrolysis) is 1. The highest BCUT2D eigenvalue weighted by Crippen LogP contribution is 2.36. The molecule has 0 aliphatic carbocycles. The average Bonchev–Trinajstić information content (AvgIpc) is 3.74. The van der Waals surface area contributed by atoms with Gasteiger partial charge in [0.25, 0.3) is 0 Å². The predicted molar refractivity (Wildman–Crippen MR) is 162 cm³/mol. The molecule has 246 valence electrons. The lowest BCUT2D eigenvalue weighted by molar-refractivity contribution is -0.117. The summed E-state index contributed by atoms with van der Waals surface area (Å²) in [7, 11) is -4.17. The van der Waals surface area contributed by atoms with E-state index in [0.29, 0.717) is 30.9 Å². The normalized spacial score (nSPS) is 22.2. The zero-order valence-corrected chi connectivity index (χ0v) is 26.7. The van der Waals surface area contributed by atoms with Gasteiger partial charge in [0.05, 0.1) is 36.2 Å². The van der Waals surface area contributed by atoms with Gasteiger partial charge in [-0.05, 0) is 49.3 Å². The van der Waals surface area contributed by atoms with Crippen molar-refractivity contribution in [3.05, 3.63) is 54.1 Å². The van der Waals surface area contributed by atoms with Crippen LogP contribution in [0, 0.1) is 11.3 Å². The number of ketones is 1. The van der Waals surface area contributed by atoms with Crippen LogP contribution in [0.25, 0.3) is 0 Å². The molecule has 0 aromatic heterocycles. The number of aliphatic hydroxyl groups excluding tert-OH is 1. The van der Waals surface area contributed by atoms with Crippen molar-refractivity contribution in [1.82, 2.24) is 9.62 Å². The fraction of sp³-hybridized carbons (Fsp3) is 0.562. The monoisotopic (exact) mass is 646 g/mol. The number of nitrogens with zero attached hydrogens (tertiary/aromatic N) is 1. The van der Waals surface area contributed by atoms with E-state index < -0.39 is 46.1 Å². The Kier molecular flexibility index (Phi) is 10.3. The maximum absolute atomic E-state index is 14.1. The highest BCUT2D eigenvalue weighted by molar-refractivity contribution is 7.89. The number of amides is 1. The number of ether oxygens (including phenoxy) is 5. The number of carbonyl (C=O) groups excluding carboxylic acids is 2. The standard InChI is InChI=1S/C32H42N2O10S/c1-21(35)11-13-32(2,3)19-34(45(38,39)23-9-10-27-28(16-23)43-20-42-27)17-26(36)25(15-22-7-5-4-6-8-22)33-31(37)44-29-18-41-30-24(29)12-14-40-30/h4-10,16,24-26,29-30,36H,11-15,17-20H2,1-3H3,(H,33,37)/t24?,25-,26?,29?,30?/m0/s1. The van der Waals surface area contributed by atoms with E-state index in [9.17, 15) is 23.1 Å². The van der Waals surface area contributed by atoms with Crippen LogP contribution in [-0.4, -0.2) is 87.3 Å². The maximum Gasteiger partial charge on any atom is 0.407 e. The van der Waals surface area contributed by atoms with Crippen molar-refractivity contribution in [1.29, 1.82) is 0 Å². The van der Waals surface area contributed by atoms with Gasteiger partial charge in [-0.3, -0.25) is 0 Å². The van der Waals surface area contributed by atoms with Crippen LogP contribution in [-0.2, 0) is 35.4 Å². The average molecular weight is 647 g/mol. The van der Waals surface area contributed by atoms with Gasteiger partial charge in [0.1, 0.15) is 11.9 Å². The number of hydrogen-bond acceptors (Lipinski definition) is 10. The van der Waals surface area contributed by atoms with E-state index in [0.717, 1.165) is 5.56 Å². The van der Waals surface area contributed by atoms with Crippen LogP contribution >= 0.6 is 0 Å². The summed E-state index contributed by atoms with van der Waals surface area (Å²) in [5, 5.41) is 14.5. The second-order valence-corrected chi connectivity index (χ2v) is 14.6. The van der Waals surface area contributed by atoms with Crippen LogP contribution in [0.4, 0.5) is 4.79 Å². The highest BCUT2D eigenvalue weighted by Gasteiger charge is 2.44. The van der Waals surface area contributed by atoms with Crippen LogP contribution < -0.4 is 14.8 Å². The molecule has 0 radical (unpaired) electrons. The molecule has 4 unspecified atom stereocenters. The molecular formula is C32H42N2O10S. The number of carbonyl (C=O) groups is 2. The number of fused-ring (bicyclic) bond motifs is 2. The van der Waals surface area contributed by atoms with Gasteiger partial charge in [0, 0.05) is 25.6 Å². The number of benzene rings is 2. The van der Waals surface area contributed by atoms with Crippen LogP contribution in [0.3, 0.4) is 0 Å². The number of rotatable bonds is 14. The van der Waals surface area contributed by atoms with E-state index >= 15 is 0 Å². The van der Waals surface area contributed by atoms with E-state index in [2.05, 4.69) is 5.32 Å². The maximum atomic E-state index is 14.1. The van der Waals surface area contributed by atoms with Gasteiger partial charge in [0.15, 0.2) is 17.8 Å². The number of nitrogens with one attached hydrogen (secondary N) is 1. The van der Waals surface area contributed by atoms with Crippen LogP contribution in [0.15, 0.2) is 53.4 Å². The topological polar surface area (TPSA) is 150 Å². The Hall–Kier alpha value is -3.23. The molecule has 13 heteroatoms. The minimum Gasteiger partial charge on any atom is -0.454 e. The molecule has 1 amide bonds. The fourth-order valence-corrected chi connectivity index (χ4v) is 7.53. The van der Waals surface area contributed by atoms with Crippen molar-refractivity contribution in [3.63, 3.8) is 0 Å². The molecule has 3 heterocycles. The third-order valence-corrected chi connectivity index (χ3v) is 10.2. The van der Waals surface area contributed by atoms with E-state index in [-0.39, 0.29) is 55.9 Å². The Bertz CT molecular complexity index is 1450. The van der Waals surface area contributed by atoms with Gasteiger partial charge >= 0.3 is 6.09 Å². The summed E-state index contributed by atoms with van der Waals surface area (Å²) < 4.78 is 57.1. The van der Waals surface area contributed by atoms with Gasteiger partial charge in [-0.25, -0.2) is 13.2 Å². The summed E-state index contributed by atoms with van der Waals surface area (Å²) in [5.74, 6) is 0.690. The third-order valence-electron chi connectivity index (χ3n) is 8.44. The minimum absolute atomic E-state index is 0.00192. The molecule has 3 aliphatic heterocycles. The first-order valence-electron chi connectivity index (χ1n) is 15.2. The Morgan fingerprint density at radius 2 is 1.87 bits per heavy atom. The molecule has 2 aromatic carbocycles. The molecule has 12 nitrogen and oxygen atoms in total. The molecular weight excluding hydrogens is 604 g/mol. The van der Waals surface area contributed by atoms with Crippen molar-refractivity contribution in [2.24, 2.45) is 11.3 Å². The summed E-state index contributed by atoms with van der Waals surface area (Å²) in [4.78, 5) is 24.9.